The van der Waals surface area contributed by atoms with Crippen molar-refractivity contribution in [2.24, 2.45) is 0 Å². The number of benzene rings is 6. The molecule has 0 aliphatic rings. The maximum atomic E-state index is 12.9. The number of hydrogen-bond donors (Lipinski definition) is 0. The van der Waals surface area contributed by atoms with Crippen molar-refractivity contribution in [2.45, 2.75) is 37.9 Å². The zero-order valence-electron chi connectivity index (χ0n) is 43.0. The molecule has 0 aromatic heterocycles. The second-order valence-electron chi connectivity index (χ2n) is 15.8. The molecule has 22 heteroatoms. The smallest absolute Gasteiger partial charge is 0.416 e. The fourth-order valence-electron chi connectivity index (χ4n) is 6.85. The summed E-state index contributed by atoms with van der Waals surface area (Å²) in [6.07, 6.45) is 4.40. The molecule has 0 N–H and O–H groups in total. The molecule has 1 atom stereocenters. The Hall–Kier alpha value is -8.18. The minimum Gasteiger partial charge on any atom is -0.489 e. The summed E-state index contributed by atoms with van der Waals surface area (Å²) < 4.78 is 114. The Kier molecular flexibility index (Phi) is 26.6. The molecular formula is C56H49BF6N2O12U. The third-order valence-corrected chi connectivity index (χ3v) is 10.4. The number of carbonyl (C=O) groups is 2. The zero-order valence-corrected chi connectivity index (χ0v) is 46.1. The molecule has 0 aliphatic heterocycles. The molecule has 78 heavy (non-hydrogen) atoms. The van der Waals surface area contributed by atoms with E-state index in [1.807, 2.05) is 24.3 Å². The van der Waals surface area contributed by atoms with Crippen LogP contribution in [0.15, 0.2) is 140 Å². The summed E-state index contributed by atoms with van der Waals surface area (Å²) in [7, 11) is 7.12. The zero-order chi connectivity index (χ0) is 57.8. The van der Waals surface area contributed by atoms with Crippen LogP contribution in [0.5, 0.6) is 23.0 Å². The summed E-state index contributed by atoms with van der Waals surface area (Å²) in [5, 5.41) is 20.0. The molecule has 6 aromatic rings. The Bertz CT molecular complexity index is 3050. The molecule has 0 saturated carbocycles. The third-order valence-electron chi connectivity index (χ3n) is 10.4. The van der Waals surface area contributed by atoms with E-state index < -0.39 is 57.7 Å². The first-order valence-corrected chi connectivity index (χ1v) is 22.4. The first-order valence-electron chi connectivity index (χ1n) is 22.9. The van der Waals surface area contributed by atoms with Gasteiger partial charge in [-0.3, -0.25) is 25.0 Å². The van der Waals surface area contributed by atoms with E-state index in [2.05, 4.69) is 29.7 Å². The van der Waals surface area contributed by atoms with Crippen LogP contribution in [0.2, 0.25) is 0 Å². The summed E-state index contributed by atoms with van der Waals surface area (Å²) in [5.41, 5.74) is 4.00. The van der Waals surface area contributed by atoms with Crippen molar-refractivity contribution >= 4 is 26.4 Å². The molecule has 6 rings (SSSR count). The van der Waals surface area contributed by atoms with E-state index in [1.54, 1.807) is 60.7 Å². The molecule has 0 fully saturated rings. The summed E-state index contributed by atoms with van der Waals surface area (Å²) in [6.45, 7) is -0.228. The predicted octanol–water partition coefficient (Wildman–Crippen LogP) is 11.3. The number of halogens is 6. The van der Waals surface area contributed by atoms with Crippen LogP contribution in [0, 0.1) is 76.0 Å². The molecule has 1 unspecified atom stereocenters. The van der Waals surface area contributed by atoms with Crippen molar-refractivity contribution in [1.82, 2.24) is 0 Å². The van der Waals surface area contributed by atoms with Crippen LogP contribution in [0.3, 0.4) is 0 Å². The Labute approximate surface area is 472 Å². The van der Waals surface area contributed by atoms with Crippen molar-refractivity contribution in [3.8, 4) is 69.9 Å². The van der Waals surface area contributed by atoms with Gasteiger partial charge in [0.1, 0.15) is 49.4 Å². The molecule has 0 aliphatic carbocycles. The van der Waals surface area contributed by atoms with E-state index in [-0.39, 0.29) is 69.7 Å². The molecule has 2 radical (unpaired) electrons. The second-order valence-corrected chi connectivity index (χ2v) is 15.8. The number of alkyl halides is 6. The van der Waals surface area contributed by atoms with Gasteiger partial charge in [0.25, 0.3) is 0 Å². The monoisotopic (exact) mass is 1310 g/mol. The fraction of sp³-hybridized carbons (Fsp3) is 0.214. The van der Waals surface area contributed by atoms with Gasteiger partial charge in [0, 0.05) is 78.7 Å². The second kappa shape index (κ2) is 32.4. The third kappa shape index (κ3) is 22.2. The van der Waals surface area contributed by atoms with Gasteiger partial charge in [-0.1, -0.05) is 78.6 Å². The maximum absolute atomic E-state index is 12.9. The van der Waals surface area contributed by atoms with Gasteiger partial charge in [-0.2, -0.15) is 26.3 Å². The number of ether oxygens (including phenoxy) is 6. The standard InChI is InChI=1S/C28H24F3NO6.C27H21F3O4.CH3NO2.BH.U/c1-3-13-37-26-16-24(11-12-25(26)22(17-32(34)35)15-27(33)36-2)38-18-19-5-4-6-21(14-19)20-7-9-23(10-8-20)28(29,30)31;1-3-15-33-25-17-24(13-9-21(25)10-14-26(31)32-2)34-18-19-5-4-6-22(16-19)20-7-11-23(12-8-20)27(28,29)30;1-2(3)4;;/h1,4-12,14,16,22H,13,15,17-18H2,2H3;1,4-14,16-17H,15,18H2,2H3;1H3;1H;/b;14-10+;;;/i;;;1D;. The van der Waals surface area contributed by atoms with Gasteiger partial charge in [-0.05, 0) is 95.4 Å². The number of methoxy groups -OCH3 is 2. The average molecular weight is 1310 g/mol. The van der Waals surface area contributed by atoms with Gasteiger partial charge < -0.3 is 28.4 Å². The van der Waals surface area contributed by atoms with E-state index >= 15 is 0 Å². The van der Waals surface area contributed by atoms with Crippen LogP contribution in [0.4, 0.5) is 26.3 Å². The minimum atomic E-state index is -4.41. The van der Waals surface area contributed by atoms with Crippen LogP contribution in [-0.2, 0) is 44.6 Å². The van der Waals surface area contributed by atoms with E-state index in [0.717, 1.165) is 53.6 Å². The number of nitrogens with zero attached hydrogens (tertiary/aromatic N) is 2. The largest absolute Gasteiger partial charge is 0.489 e. The topological polar surface area (TPSA) is 176 Å². The van der Waals surface area contributed by atoms with Crippen LogP contribution >= 0.6 is 0 Å². The Morgan fingerprint density at radius 3 is 1.53 bits per heavy atom. The number of esters is 2. The van der Waals surface area contributed by atoms with Gasteiger partial charge in [0.15, 0.2) is 7.05 Å². The van der Waals surface area contributed by atoms with Gasteiger partial charge in [0.05, 0.1) is 37.7 Å². The number of nitro groups is 2. The molecule has 0 bridgehead atoms. The SMILES string of the molecule is C#CCOc1cc(OCc2cccc(-c3ccc(C(F)(F)F)cc3)c2)ccc1/C=C/C(=O)OC.C#CCOc1cc(OCc2cccc(-c3ccc(C(F)(F)F)cc3)c2)ccc1C(CC(=O)OC)C[N+](=O)[O-].C[N+](=O)[O-].[2H][B].[U]. The number of hydrogen-bond acceptors (Lipinski definition) is 12. The summed E-state index contributed by atoms with van der Waals surface area (Å²) in [5.74, 6) is 4.40. The summed E-state index contributed by atoms with van der Waals surface area (Å²) in [6, 6.07) is 34.2. The van der Waals surface area contributed by atoms with Gasteiger partial charge in [-0.25, -0.2) is 4.79 Å². The van der Waals surface area contributed by atoms with Crippen molar-refractivity contribution in [3.63, 3.8) is 0 Å². The molecule has 404 valence electrons. The molecule has 0 saturated heterocycles. The molecule has 0 heterocycles. The van der Waals surface area contributed by atoms with E-state index in [4.69, 9.17) is 43.2 Å². The normalized spacial score (nSPS) is 11.0. The van der Waals surface area contributed by atoms with Crippen LogP contribution in [-0.4, -0.2) is 72.5 Å². The van der Waals surface area contributed by atoms with E-state index in [9.17, 15) is 46.0 Å². The molecular weight excluding hydrogens is 1260 g/mol. The average Bonchev–Trinajstić information content (AvgIpc) is 3.42. The minimum absolute atomic E-state index is 0. The van der Waals surface area contributed by atoms with Crippen LogP contribution in [0.1, 0.15) is 45.7 Å². The number of carbonyl (C=O) groups excluding carboxylic acids is 2. The predicted molar refractivity (Wildman–Crippen MR) is 276 cm³/mol. The van der Waals surface area contributed by atoms with Crippen LogP contribution < -0.4 is 18.9 Å². The number of terminal acetylenes is 2. The summed E-state index contributed by atoms with van der Waals surface area (Å²) in [4.78, 5) is 42.2. The first-order chi connectivity index (χ1) is 37.1. The van der Waals surface area contributed by atoms with Crippen molar-refractivity contribution in [3.05, 3.63) is 193 Å². The molecule has 6 aromatic carbocycles. The maximum Gasteiger partial charge on any atom is 0.416 e. The quantitative estimate of drug-likeness (QED) is 0.0143. The Balaban J connectivity index is 0.000000488. The van der Waals surface area contributed by atoms with Gasteiger partial charge in [-0.15, -0.1) is 12.8 Å². The van der Waals surface area contributed by atoms with Crippen molar-refractivity contribution in [1.29, 1.82) is 1.34 Å². The van der Waals surface area contributed by atoms with Gasteiger partial charge >= 0.3 is 24.3 Å². The van der Waals surface area contributed by atoms with Crippen LogP contribution in [0.25, 0.3) is 28.3 Å². The van der Waals surface area contributed by atoms with Gasteiger partial charge in [0.2, 0.25) is 6.54 Å². The Morgan fingerprint density at radius 2 is 1.10 bits per heavy atom. The fourth-order valence-corrected chi connectivity index (χ4v) is 6.85. The number of rotatable bonds is 19. The molecule has 14 nitrogen and oxygen atoms in total. The Morgan fingerprint density at radius 1 is 0.654 bits per heavy atom. The van der Waals surface area contributed by atoms with Crippen molar-refractivity contribution in [2.75, 3.05) is 41.0 Å². The van der Waals surface area contributed by atoms with Crippen molar-refractivity contribution < 1.29 is 105 Å². The van der Waals surface area contributed by atoms with E-state index in [1.165, 1.54) is 50.6 Å². The molecule has 0 spiro atoms. The first kappa shape index (κ1) is 64.1. The molecule has 0 amide bonds. The van der Waals surface area contributed by atoms with E-state index in [0.29, 0.717) is 39.5 Å². The summed E-state index contributed by atoms with van der Waals surface area (Å²) >= 11 is 0.